The van der Waals surface area contributed by atoms with Gasteiger partial charge < -0.3 is 14.9 Å². The van der Waals surface area contributed by atoms with Crippen molar-refractivity contribution >= 4 is 6.03 Å². The van der Waals surface area contributed by atoms with E-state index in [0.717, 1.165) is 37.8 Å². The van der Waals surface area contributed by atoms with E-state index in [0.29, 0.717) is 19.0 Å². The first-order chi connectivity index (χ1) is 13.9. The lowest BCUT2D eigenvalue weighted by atomic mass is 9.68. The van der Waals surface area contributed by atoms with Crippen molar-refractivity contribution in [3.05, 3.63) is 35.6 Å². The molecule has 2 saturated carbocycles. The van der Waals surface area contributed by atoms with Crippen LogP contribution >= 0.6 is 0 Å². The molecule has 1 aliphatic heterocycles. The monoisotopic (exact) mass is 403 g/mol. The maximum absolute atomic E-state index is 13.5. The minimum absolute atomic E-state index is 0.0102. The summed E-state index contributed by atoms with van der Waals surface area (Å²) in [6, 6.07) is 7.03. The highest BCUT2D eigenvalue weighted by molar-refractivity contribution is 5.78. The van der Waals surface area contributed by atoms with Gasteiger partial charge in [-0.3, -0.25) is 4.90 Å². The average Bonchev–Trinajstić information content (AvgIpc) is 2.91. The zero-order valence-electron chi connectivity index (χ0n) is 17.7. The van der Waals surface area contributed by atoms with E-state index in [1.54, 1.807) is 12.1 Å². The standard InChI is InChI=1S/C23H34FN3O2/c1-25(2)23(19-6-8-20(24)9-7-19)12-10-22(11-13-23)17-26(14-15-28)21(29)27(22)16-18-4-3-5-18/h6-9,18,28H,3-5,10-17H2,1-2H3. The maximum atomic E-state index is 13.5. The normalized spacial score (nSPS) is 30.4. The molecule has 4 rings (SSSR count). The van der Waals surface area contributed by atoms with Crippen LogP contribution in [-0.4, -0.2) is 71.7 Å². The first-order valence-electron chi connectivity index (χ1n) is 11.0. The van der Waals surface area contributed by atoms with Crippen LogP contribution in [0.1, 0.15) is 50.5 Å². The smallest absolute Gasteiger partial charge is 0.320 e. The fraction of sp³-hybridized carbons (Fsp3) is 0.696. The Bertz CT molecular complexity index is 724. The Morgan fingerprint density at radius 2 is 1.79 bits per heavy atom. The van der Waals surface area contributed by atoms with Gasteiger partial charge in [-0.1, -0.05) is 18.6 Å². The van der Waals surface area contributed by atoms with Gasteiger partial charge in [0.15, 0.2) is 0 Å². The summed E-state index contributed by atoms with van der Waals surface area (Å²) in [7, 11) is 4.21. The summed E-state index contributed by atoms with van der Waals surface area (Å²) in [6.07, 6.45) is 7.45. The minimum Gasteiger partial charge on any atom is -0.395 e. The summed E-state index contributed by atoms with van der Waals surface area (Å²) in [5.41, 5.74) is 0.886. The number of rotatable bonds is 6. The third-order valence-electron chi connectivity index (χ3n) is 7.84. The van der Waals surface area contributed by atoms with Gasteiger partial charge >= 0.3 is 6.03 Å². The highest BCUT2D eigenvalue weighted by Gasteiger charge is 2.54. The minimum atomic E-state index is -0.206. The van der Waals surface area contributed by atoms with Crippen LogP contribution in [-0.2, 0) is 5.54 Å². The molecule has 2 amide bonds. The van der Waals surface area contributed by atoms with Crippen LogP contribution in [0, 0.1) is 11.7 Å². The van der Waals surface area contributed by atoms with Gasteiger partial charge in [0, 0.05) is 25.2 Å². The van der Waals surface area contributed by atoms with Gasteiger partial charge in [-0.15, -0.1) is 0 Å². The molecule has 0 bridgehead atoms. The van der Waals surface area contributed by atoms with Gasteiger partial charge in [0.1, 0.15) is 5.82 Å². The fourth-order valence-corrected chi connectivity index (χ4v) is 5.69. The Kier molecular flexibility index (Phi) is 5.60. The number of hydrogen-bond donors (Lipinski definition) is 1. The number of urea groups is 1. The molecule has 1 aromatic rings. The lowest BCUT2D eigenvalue weighted by Crippen LogP contribution is -2.56. The molecule has 29 heavy (non-hydrogen) atoms. The van der Waals surface area contributed by atoms with Crippen molar-refractivity contribution in [3.8, 4) is 0 Å². The van der Waals surface area contributed by atoms with Gasteiger partial charge in [0.2, 0.25) is 0 Å². The molecule has 1 N–H and O–H groups in total. The molecule has 2 aliphatic carbocycles. The maximum Gasteiger partial charge on any atom is 0.320 e. The molecule has 1 heterocycles. The molecule has 1 aromatic carbocycles. The fourth-order valence-electron chi connectivity index (χ4n) is 5.69. The first kappa shape index (κ1) is 20.6. The molecular formula is C23H34FN3O2. The summed E-state index contributed by atoms with van der Waals surface area (Å²) in [5, 5.41) is 9.43. The number of hydrogen-bond acceptors (Lipinski definition) is 3. The molecule has 160 valence electrons. The van der Waals surface area contributed by atoms with E-state index in [-0.39, 0.29) is 29.5 Å². The highest BCUT2D eigenvalue weighted by Crippen LogP contribution is 2.49. The van der Waals surface area contributed by atoms with E-state index < -0.39 is 0 Å². The molecule has 0 aromatic heterocycles. The van der Waals surface area contributed by atoms with Gasteiger partial charge in [0.05, 0.1) is 12.1 Å². The van der Waals surface area contributed by atoms with E-state index in [1.165, 1.54) is 19.3 Å². The summed E-state index contributed by atoms with van der Waals surface area (Å²) in [6.45, 7) is 1.99. The van der Waals surface area contributed by atoms with Crippen molar-refractivity contribution in [1.82, 2.24) is 14.7 Å². The zero-order chi connectivity index (χ0) is 20.6. The molecule has 3 fully saturated rings. The molecule has 3 aliphatic rings. The number of carbonyl (C=O) groups is 1. The molecule has 1 saturated heterocycles. The lowest BCUT2D eigenvalue weighted by molar-refractivity contribution is 0.0158. The summed E-state index contributed by atoms with van der Waals surface area (Å²) >= 11 is 0. The van der Waals surface area contributed by atoms with E-state index in [4.69, 9.17) is 0 Å². The highest BCUT2D eigenvalue weighted by atomic mass is 19.1. The van der Waals surface area contributed by atoms with Crippen LogP contribution in [0.5, 0.6) is 0 Å². The van der Waals surface area contributed by atoms with Crippen molar-refractivity contribution in [2.45, 2.75) is 56.0 Å². The van der Waals surface area contributed by atoms with E-state index in [9.17, 15) is 14.3 Å². The van der Waals surface area contributed by atoms with Crippen LogP contribution in [0.2, 0.25) is 0 Å². The van der Waals surface area contributed by atoms with E-state index in [1.807, 2.05) is 17.0 Å². The summed E-state index contributed by atoms with van der Waals surface area (Å²) in [4.78, 5) is 19.4. The molecule has 0 radical (unpaired) electrons. The van der Waals surface area contributed by atoms with Crippen LogP contribution in [0.3, 0.4) is 0 Å². The predicted molar refractivity (Wildman–Crippen MR) is 111 cm³/mol. The Labute approximate surface area is 173 Å². The molecule has 0 atom stereocenters. The number of aliphatic hydroxyl groups is 1. The average molecular weight is 404 g/mol. The van der Waals surface area contributed by atoms with E-state index >= 15 is 0 Å². The van der Waals surface area contributed by atoms with Crippen LogP contribution in [0.25, 0.3) is 0 Å². The number of nitrogens with zero attached hydrogens (tertiary/aromatic N) is 3. The lowest BCUT2D eigenvalue weighted by Gasteiger charge is -2.51. The van der Waals surface area contributed by atoms with Gasteiger partial charge in [-0.25, -0.2) is 9.18 Å². The van der Waals surface area contributed by atoms with Crippen LogP contribution in [0.15, 0.2) is 24.3 Å². The Morgan fingerprint density at radius 3 is 2.31 bits per heavy atom. The van der Waals surface area contributed by atoms with Gasteiger partial charge in [0.25, 0.3) is 0 Å². The number of β-amino-alcohol motifs (C(OH)–C–C–N with tert-alkyl or cyclic N) is 1. The SMILES string of the molecule is CN(C)C1(c2ccc(F)cc2)CCC2(CC1)CN(CCO)C(=O)N2CC1CCC1. The Morgan fingerprint density at radius 1 is 1.14 bits per heavy atom. The quantitative estimate of drug-likeness (QED) is 0.792. The van der Waals surface area contributed by atoms with Crippen molar-refractivity contribution in [1.29, 1.82) is 0 Å². The van der Waals surface area contributed by atoms with Crippen molar-refractivity contribution < 1.29 is 14.3 Å². The third-order valence-corrected chi connectivity index (χ3v) is 7.84. The molecule has 5 nitrogen and oxygen atoms in total. The molecular weight excluding hydrogens is 369 g/mol. The summed E-state index contributed by atoms with van der Waals surface area (Å²) in [5.74, 6) is 0.421. The number of aliphatic hydroxyl groups excluding tert-OH is 1. The first-order valence-corrected chi connectivity index (χ1v) is 11.0. The second-order valence-electron chi connectivity index (χ2n) is 9.49. The van der Waals surface area contributed by atoms with Crippen molar-refractivity contribution in [3.63, 3.8) is 0 Å². The number of amides is 2. The molecule has 0 unspecified atom stereocenters. The Hall–Kier alpha value is -1.66. The number of benzene rings is 1. The largest absolute Gasteiger partial charge is 0.395 e. The second-order valence-corrected chi connectivity index (χ2v) is 9.49. The van der Waals surface area contributed by atoms with Crippen molar-refractivity contribution in [2.24, 2.45) is 5.92 Å². The van der Waals surface area contributed by atoms with Gasteiger partial charge in [-0.2, -0.15) is 0 Å². The molecule has 1 spiro atoms. The van der Waals surface area contributed by atoms with Crippen LogP contribution < -0.4 is 0 Å². The second kappa shape index (κ2) is 7.88. The van der Waals surface area contributed by atoms with E-state index in [2.05, 4.69) is 23.9 Å². The summed E-state index contributed by atoms with van der Waals surface area (Å²) < 4.78 is 13.5. The number of carbonyl (C=O) groups excluding carboxylic acids is 1. The predicted octanol–water partition coefficient (Wildman–Crippen LogP) is 3.43. The Balaban J connectivity index is 1.58. The molecule has 6 heteroatoms. The number of halogens is 1. The van der Waals surface area contributed by atoms with Gasteiger partial charge in [-0.05, 0) is 76.2 Å². The third kappa shape index (κ3) is 3.55. The topological polar surface area (TPSA) is 47.0 Å². The zero-order valence-corrected chi connectivity index (χ0v) is 17.7. The van der Waals surface area contributed by atoms with Crippen LogP contribution in [0.4, 0.5) is 9.18 Å². The van der Waals surface area contributed by atoms with Crippen molar-refractivity contribution in [2.75, 3.05) is 40.3 Å².